The predicted octanol–water partition coefficient (Wildman–Crippen LogP) is 2.83. The molecule has 0 unspecified atom stereocenters. The fourth-order valence-electron chi connectivity index (χ4n) is 2.79. The van der Waals surface area contributed by atoms with E-state index >= 15 is 0 Å². The third-order valence-electron chi connectivity index (χ3n) is 4.04. The van der Waals surface area contributed by atoms with Crippen molar-refractivity contribution in [2.24, 2.45) is 0 Å². The molecular formula is C18H13N3O3. The van der Waals surface area contributed by atoms with Gasteiger partial charge in [-0.05, 0) is 43.3 Å². The molecule has 6 nitrogen and oxygen atoms in total. The lowest BCUT2D eigenvalue weighted by atomic mass is 10.1. The summed E-state index contributed by atoms with van der Waals surface area (Å²) < 4.78 is 1.30. The van der Waals surface area contributed by atoms with Gasteiger partial charge in [0.1, 0.15) is 5.69 Å². The van der Waals surface area contributed by atoms with Crippen molar-refractivity contribution in [1.82, 2.24) is 14.8 Å². The average Bonchev–Trinajstić information content (AvgIpc) is 2.92. The van der Waals surface area contributed by atoms with Gasteiger partial charge in [0.25, 0.3) is 5.56 Å². The van der Waals surface area contributed by atoms with Gasteiger partial charge in [0, 0.05) is 17.1 Å². The number of nitrogens with one attached hydrogen (secondary N) is 1. The first-order valence-corrected chi connectivity index (χ1v) is 7.39. The molecule has 2 N–H and O–H groups in total. The number of carboxylic acid groups (broad SMARTS) is 1. The summed E-state index contributed by atoms with van der Waals surface area (Å²) in [5.41, 5.74) is 3.55. The highest BCUT2D eigenvalue weighted by Crippen LogP contribution is 2.26. The number of benzene rings is 2. The van der Waals surface area contributed by atoms with E-state index in [0.29, 0.717) is 16.9 Å². The summed E-state index contributed by atoms with van der Waals surface area (Å²) >= 11 is 0. The maximum absolute atomic E-state index is 12.6. The Labute approximate surface area is 136 Å². The molecule has 0 aromatic heterocycles. The molecule has 0 saturated heterocycles. The van der Waals surface area contributed by atoms with E-state index in [2.05, 4.69) is 10.1 Å². The maximum atomic E-state index is 12.6. The van der Waals surface area contributed by atoms with Gasteiger partial charge in [-0.25, -0.2) is 4.79 Å². The molecule has 0 amide bonds. The van der Waals surface area contributed by atoms with Gasteiger partial charge in [0.2, 0.25) is 0 Å². The van der Waals surface area contributed by atoms with Gasteiger partial charge in [-0.2, -0.15) is 9.78 Å². The van der Waals surface area contributed by atoms with Crippen LogP contribution in [-0.4, -0.2) is 25.8 Å². The monoisotopic (exact) mass is 319 g/mol. The number of aromatic carboxylic acids is 1. The van der Waals surface area contributed by atoms with Gasteiger partial charge >= 0.3 is 5.97 Å². The first kappa shape index (κ1) is 14.2. The standard InChI is InChI=1S/C18H13N3O3/c1-10-2-7-15-13(8-10)16-14(9-19-15)17(22)21(20-16)12-5-3-11(4-6-12)18(23)24/h2-9,19H,1H3,(H,23,24). The number of hydrogen-bond acceptors (Lipinski definition) is 3. The molecule has 0 saturated carbocycles. The van der Waals surface area contributed by atoms with Gasteiger partial charge in [-0.15, -0.1) is 0 Å². The van der Waals surface area contributed by atoms with Crippen LogP contribution in [-0.2, 0) is 0 Å². The molecule has 2 aromatic rings. The Morgan fingerprint density at radius 1 is 1.17 bits per heavy atom. The Kier molecular flexibility index (Phi) is 2.99. The Hall–Kier alpha value is -3.41. The first-order chi connectivity index (χ1) is 11.5. The zero-order valence-corrected chi connectivity index (χ0v) is 12.8. The second-order valence-corrected chi connectivity index (χ2v) is 5.67. The van der Waals surface area contributed by atoms with Crippen molar-refractivity contribution in [2.45, 2.75) is 6.92 Å². The number of fused-ring (bicyclic) bond motifs is 3. The fraction of sp³-hybridized carbons (Fsp3) is 0.0556. The number of nitrogens with zero attached hydrogens (tertiary/aromatic N) is 2. The molecule has 0 fully saturated rings. The molecule has 0 atom stereocenters. The van der Waals surface area contributed by atoms with Crippen LogP contribution in [0.3, 0.4) is 0 Å². The van der Waals surface area contributed by atoms with Crippen LogP contribution in [0.5, 0.6) is 0 Å². The van der Waals surface area contributed by atoms with Crippen LogP contribution in [0, 0.1) is 6.92 Å². The van der Waals surface area contributed by atoms with Crippen molar-refractivity contribution in [1.29, 1.82) is 0 Å². The summed E-state index contributed by atoms with van der Waals surface area (Å²) in [5, 5.41) is 14.3. The second kappa shape index (κ2) is 5.06. The van der Waals surface area contributed by atoms with Crippen LogP contribution in [0.25, 0.3) is 27.8 Å². The van der Waals surface area contributed by atoms with E-state index < -0.39 is 5.97 Å². The topological polar surface area (TPSA) is 88.0 Å². The number of carbonyl (C=O) groups is 1. The fourth-order valence-corrected chi connectivity index (χ4v) is 2.79. The second-order valence-electron chi connectivity index (χ2n) is 5.67. The number of aromatic nitrogens is 3. The Balaban J connectivity index is 1.96. The Morgan fingerprint density at radius 3 is 2.62 bits per heavy atom. The van der Waals surface area contributed by atoms with E-state index in [9.17, 15) is 9.59 Å². The molecule has 0 radical (unpaired) electrons. The van der Waals surface area contributed by atoms with Crippen LogP contribution in [0.1, 0.15) is 15.9 Å². The van der Waals surface area contributed by atoms with E-state index in [1.807, 2.05) is 25.1 Å². The number of hydrogen-bond donors (Lipinski definition) is 2. The van der Waals surface area contributed by atoms with Gasteiger partial charge in [-0.3, -0.25) is 4.79 Å². The highest BCUT2D eigenvalue weighted by atomic mass is 16.4. The van der Waals surface area contributed by atoms with E-state index in [4.69, 9.17) is 5.11 Å². The van der Waals surface area contributed by atoms with Crippen LogP contribution in [0.15, 0.2) is 53.5 Å². The number of carboxylic acids is 1. The van der Waals surface area contributed by atoms with Gasteiger partial charge in [0.05, 0.1) is 16.8 Å². The highest BCUT2D eigenvalue weighted by Gasteiger charge is 2.19. The van der Waals surface area contributed by atoms with Crippen molar-refractivity contribution >= 4 is 16.9 Å². The largest absolute Gasteiger partial charge is 0.478 e. The van der Waals surface area contributed by atoms with Gasteiger partial charge < -0.3 is 10.1 Å². The molecule has 24 heavy (non-hydrogen) atoms. The van der Waals surface area contributed by atoms with Crippen molar-refractivity contribution < 1.29 is 9.90 Å². The molecule has 0 aliphatic carbocycles. The normalized spacial score (nSPS) is 11.2. The molecule has 2 aromatic carbocycles. The van der Waals surface area contributed by atoms with E-state index in [1.54, 1.807) is 18.3 Å². The zero-order valence-electron chi connectivity index (χ0n) is 12.8. The summed E-state index contributed by atoms with van der Waals surface area (Å²) in [6.45, 7) is 1.98. The van der Waals surface area contributed by atoms with Gasteiger partial charge in [-0.1, -0.05) is 11.6 Å². The third-order valence-corrected chi connectivity index (χ3v) is 4.04. The SMILES string of the molecule is Cc1ccc2[nH]cc3c(=O)n(-c4ccc(C(=O)O)cc4)nc-3c2c1. The minimum Gasteiger partial charge on any atom is -0.478 e. The quantitative estimate of drug-likeness (QED) is 0.594. The predicted molar refractivity (Wildman–Crippen MR) is 90.0 cm³/mol. The van der Waals surface area contributed by atoms with Crippen LogP contribution in [0.2, 0.25) is 0 Å². The van der Waals surface area contributed by atoms with E-state index in [1.165, 1.54) is 16.8 Å². The summed E-state index contributed by atoms with van der Waals surface area (Å²) in [6.07, 6.45) is 1.66. The number of H-pyrrole nitrogens is 1. The number of aryl methyl sites for hydroxylation is 1. The highest BCUT2D eigenvalue weighted by molar-refractivity contribution is 5.93. The summed E-state index contributed by atoms with van der Waals surface area (Å²) in [7, 11) is 0. The number of aromatic amines is 1. The Morgan fingerprint density at radius 2 is 1.92 bits per heavy atom. The molecule has 6 heteroatoms. The van der Waals surface area contributed by atoms with Crippen molar-refractivity contribution in [3.8, 4) is 16.9 Å². The third kappa shape index (κ3) is 2.08. The summed E-state index contributed by atoms with van der Waals surface area (Å²) in [6, 6.07) is 12.0. The van der Waals surface area contributed by atoms with Crippen LogP contribution >= 0.6 is 0 Å². The lowest BCUT2D eigenvalue weighted by Crippen LogP contribution is -2.14. The van der Waals surface area contributed by atoms with Gasteiger partial charge in [0.15, 0.2) is 0 Å². The molecule has 2 aliphatic rings. The van der Waals surface area contributed by atoms with Crippen LogP contribution in [0.4, 0.5) is 0 Å². The number of rotatable bonds is 2. The molecule has 2 heterocycles. The average molecular weight is 319 g/mol. The van der Waals surface area contributed by atoms with E-state index in [0.717, 1.165) is 16.5 Å². The molecule has 4 rings (SSSR count). The van der Waals surface area contributed by atoms with Crippen molar-refractivity contribution in [2.75, 3.05) is 0 Å². The molecule has 2 aliphatic heterocycles. The minimum atomic E-state index is -1.01. The maximum Gasteiger partial charge on any atom is 0.335 e. The molecule has 0 bridgehead atoms. The molecule has 0 spiro atoms. The van der Waals surface area contributed by atoms with Crippen molar-refractivity contribution in [3.05, 3.63) is 70.1 Å². The van der Waals surface area contributed by atoms with E-state index in [-0.39, 0.29) is 11.1 Å². The molecule has 118 valence electrons. The molecular weight excluding hydrogens is 306 g/mol. The summed E-state index contributed by atoms with van der Waals surface area (Å²) in [5.74, 6) is -1.01. The zero-order chi connectivity index (χ0) is 16.8. The first-order valence-electron chi connectivity index (χ1n) is 7.39. The van der Waals surface area contributed by atoms with Crippen molar-refractivity contribution in [3.63, 3.8) is 0 Å². The lowest BCUT2D eigenvalue weighted by Gasteiger charge is -2.03. The van der Waals surface area contributed by atoms with Crippen LogP contribution < -0.4 is 5.56 Å². The smallest absolute Gasteiger partial charge is 0.335 e. The summed E-state index contributed by atoms with van der Waals surface area (Å²) in [4.78, 5) is 26.7. The lowest BCUT2D eigenvalue weighted by molar-refractivity contribution is 0.0697. The Bertz CT molecular complexity index is 1110. The minimum absolute atomic E-state index is 0.164. The number of pyridine rings is 1.